The van der Waals surface area contributed by atoms with Gasteiger partial charge in [0.1, 0.15) is 12.4 Å². The van der Waals surface area contributed by atoms with Gasteiger partial charge in [-0.05, 0) is 60.6 Å². The van der Waals surface area contributed by atoms with E-state index in [0.717, 1.165) is 37.2 Å². The number of benzene rings is 2. The van der Waals surface area contributed by atoms with Gasteiger partial charge in [-0.2, -0.15) is 0 Å². The smallest absolute Gasteiger partial charge is 0.304 e. The second-order valence-electron chi connectivity index (χ2n) is 9.94. The van der Waals surface area contributed by atoms with Crippen LogP contribution in [0.4, 0.5) is 11.5 Å². The van der Waals surface area contributed by atoms with E-state index < -0.39 is 11.9 Å². The SMILES string of the molecule is O=C(O)CC1c2ccccc2C(=O)N(CC(=O)N2CCC(CCNc3ccccn3)CC2)c2ccccc21. The number of carboxylic acids is 1. The van der Waals surface area contributed by atoms with Crippen LogP contribution in [-0.4, -0.2) is 59.0 Å². The van der Waals surface area contributed by atoms with Crippen molar-refractivity contribution >= 4 is 29.3 Å². The molecule has 2 aromatic carbocycles. The van der Waals surface area contributed by atoms with Crippen LogP contribution in [0.1, 0.15) is 53.1 Å². The number of piperidine rings is 1. The molecule has 1 saturated heterocycles. The van der Waals surface area contributed by atoms with E-state index in [1.54, 1.807) is 18.3 Å². The summed E-state index contributed by atoms with van der Waals surface area (Å²) in [5.41, 5.74) is 2.48. The van der Waals surface area contributed by atoms with E-state index in [2.05, 4.69) is 10.3 Å². The van der Waals surface area contributed by atoms with Gasteiger partial charge in [-0.1, -0.05) is 42.5 Å². The minimum Gasteiger partial charge on any atom is -0.481 e. The van der Waals surface area contributed by atoms with Gasteiger partial charge in [0.2, 0.25) is 5.91 Å². The Balaban J connectivity index is 1.27. The molecule has 5 rings (SSSR count). The maximum absolute atomic E-state index is 13.7. The van der Waals surface area contributed by atoms with Gasteiger partial charge in [-0.15, -0.1) is 0 Å². The number of likely N-dealkylation sites (tertiary alicyclic amines) is 1. The van der Waals surface area contributed by atoms with Crippen LogP contribution in [0.5, 0.6) is 0 Å². The zero-order chi connectivity index (χ0) is 26.5. The zero-order valence-corrected chi connectivity index (χ0v) is 21.3. The highest BCUT2D eigenvalue weighted by Gasteiger charge is 2.35. The number of para-hydroxylation sites is 1. The molecule has 8 nitrogen and oxygen atoms in total. The molecule has 1 aromatic heterocycles. The van der Waals surface area contributed by atoms with E-state index in [-0.39, 0.29) is 24.8 Å². The molecule has 1 unspecified atom stereocenters. The first-order valence-corrected chi connectivity index (χ1v) is 13.2. The predicted octanol–water partition coefficient (Wildman–Crippen LogP) is 4.39. The fraction of sp³-hybridized carbons (Fsp3) is 0.333. The van der Waals surface area contributed by atoms with E-state index in [9.17, 15) is 19.5 Å². The number of carbonyl (C=O) groups excluding carboxylic acids is 2. The van der Waals surface area contributed by atoms with E-state index in [1.165, 1.54) is 4.90 Å². The summed E-state index contributed by atoms with van der Waals surface area (Å²) in [6.07, 6.45) is 4.49. The van der Waals surface area contributed by atoms with Gasteiger partial charge in [0.25, 0.3) is 5.91 Å². The lowest BCUT2D eigenvalue weighted by Crippen LogP contribution is -2.46. The minimum atomic E-state index is -0.935. The number of aromatic nitrogens is 1. The molecule has 0 aliphatic carbocycles. The van der Waals surface area contributed by atoms with Crippen LogP contribution >= 0.6 is 0 Å². The van der Waals surface area contributed by atoms with Crippen LogP contribution in [0, 0.1) is 5.92 Å². The summed E-state index contributed by atoms with van der Waals surface area (Å²) in [4.78, 5) is 46.6. The lowest BCUT2D eigenvalue weighted by atomic mass is 9.86. The number of pyridine rings is 1. The molecule has 38 heavy (non-hydrogen) atoms. The number of nitrogens with zero attached hydrogens (tertiary/aromatic N) is 3. The van der Waals surface area contributed by atoms with Crippen LogP contribution in [0.25, 0.3) is 0 Å². The zero-order valence-electron chi connectivity index (χ0n) is 21.3. The van der Waals surface area contributed by atoms with Crippen LogP contribution in [0.15, 0.2) is 72.9 Å². The third-order valence-corrected chi connectivity index (χ3v) is 7.58. The Bertz CT molecular complexity index is 1300. The van der Waals surface area contributed by atoms with Crippen molar-refractivity contribution < 1.29 is 19.5 Å². The van der Waals surface area contributed by atoms with E-state index in [1.807, 2.05) is 59.5 Å². The number of fused-ring (bicyclic) bond motifs is 2. The van der Waals surface area contributed by atoms with Crippen molar-refractivity contribution in [2.24, 2.45) is 5.92 Å². The van der Waals surface area contributed by atoms with Crippen molar-refractivity contribution in [1.29, 1.82) is 0 Å². The number of anilines is 2. The second-order valence-corrected chi connectivity index (χ2v) is 9.94. The summed E-state index contributed by atoms with van der Waals surface area (Å²) in [6.45, 7) is 2.09. The Morgan fingerprint density at radius 1 is 0.947 bits per heavy atom. The number of aliphatic carboxylic acids is 1. The normalized spacial score (nSPS) is 17.4. The molecule has 0 spiro atoms. The molecule has 2 aliphatic rings. The van der Waals surface area contributed by atoms with E-state index in [4.69, 9.17) is 0 Å². The topological polar surface area (TPSA) is 103 Å². The van der Waals surface area contributed by atoms with Crippen molar-refractivity contribution in [3.8, 4) is 0 Å². The summed E-state index contributed by atoms with van der Waals surface area (Å²) < 4.78 is 0. The Labute approximate surface area is 222 Å². The van der Waals surface area contributed by atoms with Crippen LogP contribution < -0.4 is 10.2 Å². The molecular formula is C30H32N4O4. The molecule has 8 heteroatoms. The van der Waals surface area contributed by atoms with Crippen molar-refractivity contribution in [2.45, 2.75) is 31.6 Å². The largest absolute Gasteiger partial charge is 0.481 e. The Kier molecular flexibility index (Phi) is 7.67. The molecule has 1 fully saturated rings. The van der Waals surface area contributed by atoms with Gasteiger partial charge in [-0.25, -0.2) is 4.98 Å². The summed E-state index contributed by atoms with van der Waals surface area (Å²) in [6, 6.07) is 20.3. The Hall–Kier alpha value is -4.20. The first kappa shape index (κ1) is 25.4. The lowest BCUT2D eigenvalue weighted by molar-refractivity contribution is -0.137. The number of carbonyl (C=O) groups is 3. The number of hydrogen-bond acceptors (Lipinski definition) is 5. The maximum Gasteiger partial charge on any atom is 0.304 e. The third-order valence-electron chi connectivity index (χ3n) is 7.58. The maximum atomic E-state index is 13.7. The monoisotopic (exact) mass is 512 g/mol. The first-order valence-electron chi connectivity index (χ1n) is 13.2. The highest BCUT2D eigenvalue weighted by Crippen LogP contribution is 2.40. The summed E-state index contributed by atoms with van der Waals surface area (Å²) in [5, 5.41) is 13.0. The fourth-order valence-corrected chi connectivity index (χ4v) is 5.58. The number of nitrogens with one attached hydrogen (secondary N) is 1. The minimum absolute atomic E-state index is 0.0735. The average molecular weight is 513 g/mol. The molecule has 0 bridgehead atoms. The summed E-state index contributed by atoms with van der Waals surface area (Å²) in [5.74, 6) is -0.375. The van der Waals surface area contributed by atoms with Crippen LogP contribution in [0.3, 0.4) is 0 Å². The Morgan fingerprint density at radius 3 is 2.39 bits per heavy atom. The highest BCUT2D eigenvalue weighted by atomic mass is 16.4. The number of amides is 2. The molecular weight excluding hydrogens is 480 g/mol. The molecule has 3 heterocycles. The van der Waals surface area contributed by atoms with Gasteiger partial charge in [0.05, 0.1) is 6.42 Å². The van der Waals surface area contributed by atoms with Crippen molar-refractivity contribution in [3.05, 3.63) is 89.6 Å². The Morgan fingerprint density at radius 2 is 1.66 bits per heavy atom. The highest BCUT2D eigenvalue weighted by molar-refractivity contribution is 6.11. The van der Waals surface area contributed by atoms with Gasteiger partial charge in [0.15, 0.2) is 0 Å². The molecule has 0 radical (unpaired) electrons. The molecule has 0 saturated carbocycles. The lowest BCUT2D eigenvalue weighted by Gasteiger charge is -2.34. The quantitative estimate of drug-likeness (QED) is 0.464. The predicted molar refractivity (Wildman–Crippen MR) is 145 cm³/mol. The third kappa shape index (κ3) is 5.54. The average Bonchev–Trinajstić information content (AvgIpc) is 3.03. The van der Waals surface area contributed by atoms with Gasteiger partial charge >= 0.3 is 5.97 Å². The number of hydrogen-bond donors (Lipinski definition) is 2. The number of carboxylic acid groups (broad SMARTS) is 1. The molecule has 3 aromatic rings. The molecule has 1 atom stereocenters. The molecule has 2 aliphatic heterocycles. The summed E-state index contributed by atoms with van der Waals surface area (Å²) >= 11 is 0. The van der Waals surface area contributed by atoms with Crippen LogP contribution in [0.2, 0.25) is 0 Å². The number of rotatable bonds is 8. The van der Waals surface area contributed by atoms with E-state index in [0.29, 0.717) is 35.8 Å². The fourth-order valence-electron chi connectivity index (χ4n) is 5.58. The molecule has 196 valence electrons. The van der Waals surface area contributed by atoms with Gasteiger partial charge in [-0.3, -0.25) is 19.3 Å². The van der Waals surface area contributed by atoms with E-state index >= 15 is 0 Å². The molecule has 2 N–H and O–H groups in total. The molecule has 2 amide bonds. The van der Waals surface area contributed by atoms with Gasteiger partial charge < -0.3 is 15.3 Å². The van der Waals surface area contributed by atoms with Crippen molar-refractivity contribution in [1.82, 2.24) is 9.88 Å². The van der Waals surface area contributed by atoms with Crippen LogP contribution in [-0.2, 0) is 9.59 Å². The second kappa shape index (κ2) is 11.5. The van der Waals surface area contributed by atoms with Crippen molar-refractivity contribution in [2.75, 3.05) is 36.4 Å². The summed E-state index contributed by atoms with van der Waals surface area (Å²) in [7, 11) is 0. The van der Waals surface area contributed by atoms with Gasteiger partial charge in [0, 0.05) is 43.0 Å². The van der Waals surface area contributed by atoms with Crippen molar-refractivity contribution in [3.63, 3.8) is 0 Å². The standard InChI is InChI=1S/C30H32N4O4/c35-28(33-17-13-21(14-18-33)12-16-32-27-11-5-6-15-31-27)20-34-26-10-4-3-8-23(26)25(19-29(36)37)22-7-1-2-9-24(22)30(34)38/h1-11,15,21,25H,12-14,16-20H2,(H,31,32)(H,36,37). The first-order chi connectivity index (χ1) is 18.5.